The monoisotopic (exact) mass is 205 g/mol. The van der Waals surface area contributed by atoms with Crippen molar-refractivity contribution in [2.75, 3.05) is 7.11 Å². The predicted octanol–water partition coefficient (Wildman–Crippen LogP) is 2.63. The van der Waals surface area contributed by atoms with Crippen LogP contribution in [0.15, 0.2) is 30.1 Å². The predicted molar refractivity (Wildman–Crippen MR) is 59.2 cm³/mol. The zero-order chi connectivity index (χ0) is 11.3. The van der Waals surface area contributed by atoms with E-state index in [4.69, 9.17) is 4.74 Å². The van der Waals surface area contributed by atoms with Gasteiger partial charge in [-0.15, -0.1) is 0 Å². The number of hydrogen-bond donors (Lipinski definition) is 0. The Balaban J connectivity index is 3.00. The first-order chi connectivity index (χ1) is 7.22. The highest BCUT2D eigenvalue weighted by Gasteiger charge is 2.10. The molecule has 0 atom stereocenters. The van der Waals surface area contributed by atoms with Gasteiger partial charge in [0.05, 0.1) is 13.3 Å². The molecule has 0 amide bonds. The Bertz CT molecular complexity index is 383. The van der Waals surface area contributed by atoms with Gasteiger partial charge in [0.25, 0.3) is 0 Å². The van der Waals surface area contributed by atoms with Crippen LogP contribution in [0.3, 0.4) is 0 Å². The van der Waals surface area contributed by atoms with Gasteiger partial charge >= 0.3 is 0 Å². The van der Waals surface area contributed by atoms with Crippen LogP contribution >= 0.6 is 0 Å². The van der Waals surface area contributed by atoms with Crippen LogP contribution < -0.4 is 4.74 Å². The molecule has 1 rings (SSSR count). The smallest absolute Gasteiger partial charge is 0.190 e. The van der Waals surface area contributed by atoms with Crippen LogP contribution in [0.1, 0.15) is 30.6 Å². The van der Waals surface area contributed by atoms with Crippen molar-refractivity contribution in [2.45, 2.75) is 20.3 Å². The van der Waals surface area contributed by atoms with Crippen molar-refractivity contribution in [3.8, 4) is 5.75 Å². The maximum atomic E-state index is 11.9. The van der Waals surface area contributed by atoms with E-state index in [1.54, 1.807) is 25.6 Å². The van der Waals surface area contributed by atoms with Gasteiger partial charge in [-0.2, -0.15) is 0 Å². The van der Waals surface area contributed by atoms with Gasteiger partial charge in [0.1, 0.15) is 5.75 Å². The number of carbonyl (C=O) groups excluding carboxylic acids is 1. The first-order valence-electron chi connectivity index (χ1n) is 4.91. The van der Waals surface area contributed by atoms with E-state index in [9.17, 15) is 4.79 Å². The zero-order valence-electron chi connectivity index (χ0n) is 9.28. The van der Waals surface area contributed by atoms with Crippen LogP contribution in [0.4, 0.5) is 0 Å². The van der Waals surface area contributed by atoms with E-state index >= 15 is 0 Å². The van der Waals surface area contributed by atoms with E-state index in [1.807, 2.05) is 19.9 Å². The summed E-state index contributed by atoms with van der Waals surface area (Å²) in [6.07, 6.45) is 5.70. The molecule has 0 fully saturated rings. The van der Waals surface area contributed by atoms with Crippen LogP contribution in [0, 0.1) is 0 Å². The third kappa shape index (κ3) is 2.65. The molecule has 15 heavy (non-hydrogen) atoms. The number of aromatic nitrogens is 1. The number of allylic oxidation sites excluding steroid dienone is 2. The number of ketones is 1. The first-order valence-corrected chi connectivity index (χ1v) is 4.91. The minimum Gasteiger partial charge on any atom is -0.495 e. The Morgan fingerprint density at radius 2 is 2.27 bits per heavy atom. The summed E-state index contributed by atoms with van der Waals surface area (Å²) in [4.78, 5) is 15.9. The van der Waals surface area contributed by atoms with E-state index in [-0.39, 0.29) is 5.78 Å². The standard InChI is InChI=1S/C12H15NO2/c1-4-9(5-2)12(14)10-6-11(15-3)8-13-7-10/h4,6-8H,5H2,1-3H3/b9-4-. The lowest BCUT2D eigenvalue weighted by atomic mass is 10.0. The first kappa shape index (κ1) is 11.4. The highest BCUT2D eigenvalue weighted by molar-refractivity contribution is 6.08. The summed E-state index contributed by atoms with van der Waals surface area (Å²) in [5.41, 5.74) is 1.37. The molecule has 0 aliphatic heterocycles. The minimum atomic E-state index is 0.0198. The maximum absolute atomic E-state index is 11.9. The number of pyridine rings is 1. The van der Waals surface area contributed by atoms with Gasteiger partial charge in [-0.05, 0) is 25.0 Å². The summed E-state index contributed by atoms with van der Waals surface area (Å²) in [6, 6.07) is 1.70. The highest BCUT2D eigenvalue weighted by atomic mass is 16.5. The summed E-state index contributed by atoms with van der Waals surface area (Å²) >= 11 is 0. The van der Waals surface area contributed by atoms with Crippen LogP contribution in [0.2, 0.25) is 0 Å². The Morgan fingerprint density at radius 3 is 2.80 bits per heavy atom. The maximum Gasteiger partial charge on any atom is 0.190 e. The quantitative estimate of drug-likeness (QED) is 0.560. The minimum absolute atomic E-state index is 0.0198. The summed E-state index contributed by atoms with van der Waals surface area (Å²) in [6.45, 7) is 3.82. The number of ether oxygens (including phenoxy) is 1. The molecule has 0 saturated heterocycles. The van der Waals surface area contributed by atoms with Crippen LogP contribution in [0.5, 0.6) is 5.75 Å². The van der Waals surface area contributed by atoms with Crippen molar-refractivity contribution in [1.29, 1.82) is 0 Å². The lowest BCUT2D eigenvalue weighted by molar-refractivity contribution is 0.103. The van der Waals surface area contributed by atoms with E-state index < -0.39 is 0 Å². The largest absolute Gasteiger partial charge is 0.495 e. The fourth-order valence-corrected chi connectivity index (χ4v) is 1.34. The normalized spacial score (nSPS) is 11.3. The number of nitrogens with zero attached hydrogens (tertiary/aromatic N) is 1. The summed E-state index contributed by atoms with van der Waals surface area (Å²) in [7, 11) is 1.56. The van der Waals surface area contributed by atoms with Crippen LogP contribution in [-0.2, 0) is 0 Å². The second-order valence-electron chi connectivity index (χ2n) is 3.11. The van der Waals surface area contributed by atoms with Gasteiger partial charge in [0.2, 0.25) is 0 Å². The van der Waals surface area contributed by atoms with E-state index in [1.165, 1.54) is 0 Å². The average molecular weight is 205 g/mol. The molecule has 3 nitrogen and oxygen atoms in total. The van der Waals surface area contributed by atoms with Crippen molar-refractivity contribution in [2.24, 2.45) is 0 Å². The number of hydrogen-bond acceptors (Lipinski definition) is 3. The van der Waals surface area contributed by atoms with Gasteiger partial charge < -0.3 is 4.74 Å². The summed E-state index contributed by atoms with van der Waals surface area (Å²) in [5.74, 6) is 0.624. The van der Waals surface area contributed by atoms with Gasteiger partial charge in [-0.1, -0.05) is 13.0 Å². The fourth-order valence-electron chi connectivity index (χ4n) is 1.34. The van der Waals surface area contributed by atoms with Gasteiger partial charge in [0, 0.05) is 11.8 Å². The fraction of sp³-hybridized carbons (Fsp3) is 0.333. The van der Waals surface area contributed by atoms with E-state index in [0.717, 1.165) is 12.0 Å². The summed E-state index contributed by atoms with van der Waals surface area (Å²) in [5, 5.41) is 0. The molecule has 0 radical (unpaired) electrons. The van der Waals surface area contributed by atoms with E-state index in [2.05, 4.69) is 4.98 Å². The van der Waals surface area contributed by atoms with Crippen molar-refractivity contribution in [1.82, 2.24) is 4.98 Å². The lowest BCUT2D eigenvalue weighted by Gasteiger charge is -2.04. The molecule has 1 aromatic heterocycles. The topological polar surface area (TPSA) is 39.2 Å². The molecule has 0 aliphatic rings. The molecule has 0 spiro atoms. The van der Waals surface area contributed by atoms with Crippen molar-refractivity contribution < 1.29 is 9.53 Å². The SMILES string of the molecule is C/C=C(/CC)C(=O)c1cncc(OC)c1. The van der Waals surface area contributed by atoms with Crippen molar-refractivity contribution in [3.63, 3.8) is 0 Å². The molecule has 0 unspecified atom stereocenters. The van der Waals surface area contributed by atoms with Gasteiger partial charge in [-0.3, -0.25) is 9.78 Å². The Kier molecular flexibility index (Phi) is 4.03. The third-order valence-electron chi connectivity index (χ3n) is 2.23. The number of carbonyl (C=O) groups is 1. The van der Waals surface area contributed by atoms with E-state index in [0.29, 0.717) is 11.3 Å². The van der Waals surface area contributed by atoms with Crippen LogP contribution in [-0.4, -0.2) is 17.9 Å². The molecule has 1 heterocycles. The molecule has 0 aliphatic carbocycles. The molecule has 3 heteroatoms. The van der Waals surface area contributed by atoms with Crippen molar-refractivity contribution >= 4 is 5.78 Å². The Labute approximate surface area is 89.8 Å². The van der Waals surface area contributed by atoms with Gasteiger partial charge in [0.15, 0.2) is 5.78 Å². The average Bonchev–Trinajstić information content (AvgIpc) is 2.30. The third-order valence-corrected chi connectivity index (χ3v) is 2.23. The Morgan fingerprint density at radius 1 is 1.53 bits per heavy atom. The van der Waals surface area contributed by atoms with Crippen LogP contribution in [0.25, 0.3) is 0 Å². The molecule has 0 aromatic carbocycles. The highest BCUT2D eigenvalue weighted by Crippen LogP contribution is 2.15. The van der Waals surface area contributed by atoms with Crippen molar-refractivity contribution in [3.05, 3.63) is 35.7 Å². The van der Waals surface area contributed by atoms with Gasteiger partial charge in [-0.25, -0.2) is 0 Å². The second kappa shape index (κ2) is 5.29. The molecule has 0 N–H and O–H groups in total. The molecular formula is C12H15NO2. The molecular weight excluding hydrogens is 190 g/mol. The molecule has 80 valence electrons. The second-order valence-corrected chi connectivity index (χ2v) is 3.11. The molecule has 0 saturated carbocycles. The number of methoxy groups -OCH3 is 1. The summed E-state index contributed by atoms with van der Waals surface area (Å²) < 4.78 is 5.02. The Hall–Kier alpha value is -1.64. The number of rotatable bonds is 4. The zero-order valence-corrected chi connectivity index (χ0v) is 9.28. The lowest BCUT2D eigenvalue weighted by Crippen LogP contribution is -2.03. The molecule has 0 bridgehead atoms. The number of Topliss-reactive ketones (excluding diaryl/α,β-unsaturated/α-hetero) is 1. The molecule has 1 aromatic rings.